The molecule has 1 fully saturated rings. The SMILES string of the molecule is COc1cc(F)ccc1CNc1ccc(-c2cnc(N3CCN(C(C)C)CC3)c(C(F)(F)F)c2)c2nncn12. The molecular formula is C27H29F4N7O. The van der Waals surface area contributed by atoms with Gasteiger partial charge in [0.2, 0.25) is 0 Å². The van der Waals surface area contributed by atoms with E-state index in [4.69, 9.17) is 4.74 Å². The number of nitrogens with one attached hydrogen (secondary N) is 1. The number of piperazine rings is 1. The molecule has 1 aliphatic rings. The van der Waals surface area contributed by atoms with E-state index in [9.17, 15) is 17.6 Å². The molecule has 39 heavy (non-hydrogen) atoms. The fourth-order valence-electron chi connectivity index (χ4n) is 4.85. The van der Waals surface area contributed by atoms with E-state index < -0.39 is 17.6 Å². The summed E-state index contributed by atoms with van der Waals surface area (Å²) in [6.07, 6.45) is -1.64. The maximum atomic E-state index is 14.2. The average molecular weight is 544 g/mol. The molecular weight excluding hydrogens is 514 g/mol. The lowest BCUT2D eigenvalue weighted by Gasteiger charge is -2.38. The van der Waals surface area contributed by atoms with Crippen molar-refractivity contribution < 1.29 is 22.3 Å². The van der Waals surface area contributed by atoms with Gasteiger partial charge in [-0.15, -0.1) is 10.2 Å². The van der Waals surface area contributed by atoms with E-state index in [1.165, 1.54) is 31.8 Å². The molecule has 3 aromatic heterocycles. The number of methoxy groups -OCH3 is 1. The first-order chi connectivity index (χ1) is 18.7. The third-order valence-electron chi connectivity index (χ3n) is 6.99. The number of halogens is 4. The van der Waals surface area contributed by atoms with Gasteiger partial charge in [0.1, 0.15) is 29.5 Å². The minimum absolute atomic E-state index is 0.0568. The number of hydrogen-bond acceptors (Lipinski definition) is 7. The summed E-state index contributed by atoms with van der Waals surface area (Å²) in [5, 5.41) is 11.4. The van der Waals surface area contributed by atoms with Gasteiger partial charge in [-0.3, -0.25) is 9.30 Å². The van der Waals surface area contributed by atoms with Crippen molar-refractivity contribution in [3.8, 4) is 16.9 Å². The van der Waals surface area contributed by atoms with Crippen LogP contribution in [0.1, 0.15) is 25.0 Å². The van der Waals surface area contributed by atoms with Gasteiger partial charge >= 0.3 is 6.18 Å². The van der Waals surface area contributed by atoms with Crippen LogP contribution in [0.4, 0.5) is 29.2 Å². The largest absolute Gasteiger partial charge is 0.496 e. The predicted molar refractivity (Wildman–Crippen MR) is 140 cm³/mol. The number of aromatic nitrogens is 4. The van der Waals surface area contributed by atoms with Crippen LogP contribution in [0.2, 0.25) is 0 Å². The molecule has 0 amide bonds. The first-order valence-electron chi connectivity index (χ1n) is 12.6. The third kappa shape index (κ3) is 5.47. The highest BCUT2D eigenvalue weighted by Crippen LogP contribution is 2.39. The molecule has 0 aliphatic carbocycles. The third-order valence-corrected chi connectivity index (χ3v) is 6.99. The first-order valence-corrected chi connectivity index (χ1v) is 12.6. The second kappa shape index (κ2) is 10.7. The number of anilines is 2. The molecule has 0 saturated carbocycles. The Bertz CT molecular complexity index is 1460. The molecule has 0 atom stereocenters. The van der Waals surface area contributed by atoms with Crippen molar-refractivity contribution in [3.05, 3.63) is 65.9 Å². The average Bonchev–Trinajstić information content (AvgIpc) is 3.42. The fourth-order valence-corrected chi connectivity index (χ4v) is 4.85. The van der Waals surface area contributed by atoms with Crippen molar-refractivity contribution in [2.24, 2.45) is 0 Å². The zero-order valence-corrected chi connectivity index (χ0v) is 21.8. The number of fused-ring (bicyclic) bond motifs is 1. The Morgan fingerprint density at radius 2 is 1.82 bits per heavy atom. The normalized spacial score (nSPS) is 14.8. The van der Waals surface area contributed by atoms with Gasteiger partial charge in [0.05, 0.1) is 12.7 Å². The summed E-state index contributed by atoms with van der Waals surface area (Å²) in [6, 6.07) is 9.15. The summed E-state index contributed by atoms with van der Waals surface area (Å²) in [5.74, 6) is 0.542. The molecule has 4 heterocycles. The number of benzene rings is 1. The van der Waals surface area contributed by atoms with E-state index in [1.54, 1.807) is 27.5 Å². The Morgan fingerprint density at radius 1 is 1.05 bits per heavy atom. The van der Waals surface area contributed by atoms with Crippen molar-refractivity contribution in [1.29, 1.82) is 0 Å². The first kappa shape index (κ1) is 26.7. The molecule has 0 radical (unpaired) electrons. The molecule has 8 nitrogen and oxygen atoms in total. The van der Waals surface area contributed by atoms with Gasteiger partial charge in [-0.1, -0.05) is 6.07 Å². The van der Waals surface area contributed by atoms with Crippen molar-refractivity contribution in [2.45, 2.75) is 32.6 Å². The van der Waals surface area contributed by atoms with Crippen LogP contribution >= 0.6 is 0 Å². The zero-order chi connectivity index (χ0) is 27.7. The smallest absolute Gasteiger partial charge is 0.419 e. The summed E-state index contributed by atoms with van der Waals surface area (Å²) < 4.78 is 63.1. The van der Waals surface area contributed by atoms with Gasteiger partial charge in [0.25, 0.3) is 0 Å². The van der Waals surface area contributed by atoms with Gasteiger partial charge < -0.3 is 15.0 Å². The van der Waals surface area contributed by atoms with Crippen LogP contribution in [0.5, 0.6) is 5.75 Å². The van der Waals surface area contributed by atoms with Crippen LogP contribution < -0.4 is 15.0 Å². The molecule has 1 saturated heterocycles. The molecule has 1 aliphatic heterocycles. The maximum Gasteiger partial charge on any atom is 0.419 e. The number of nitrogens with zero attached hydrogens (tertiary/aromatic N) is 6. The Balaban J connectivity index is 1.44. The van der Waals surface area contributed by atoms with E-state index in [2.05, 4.69) is 39.2 Å². The van der Waals surface area contributed by atoms with Crippen molar-refractivity contribution in [3.63, 3.8) is 0 Å². The van der Waals surface area contributed by atoms with E-state index in [0.29, 0.717) is 61.5 Å². The molecule has 12 heteroatoms. The molecule has 1 N–H and O–H groups in total. The molecule has 1 aromatic carbocycles. The topological polar surface area (TPSA) is 70.8 Å². The van der Waals surface area contributed by atoms with Crippen LogP contribution in [0.25, 0.3) is 16.8 Å². The number of rotatable bonds is 7. The van der Waals surface area contributed by atoms with Gasteiger partial charge in [-0.2, -0.15) is 13.2 Å². The summed E-state index contributed by atoms with van der Waals surface area (Å²) in [4.78, 5) is 8.24. The van der Waals surface area contributed by atoms with E-state index >= 15 is 0 Å². The number of alkyl halides is 3. The second-order valence-corrected chi connectivity index (χ2v) is 9.68. The lowest BCUT2D eigenvalue weighted by Crippen LogP contribution is -2.49. The van der Waals surface area contributed by atoms with Crippen LogP contribution in [0.15, 0.2) is 48.9 Å². The lowest BCUT2D eigenvalue weighted by molar-refractivity contribution is -0.137. The number of ether oxygens (including phenoxy) is 1. The summed E-state index contributed by atoms with van der Waals surface area (Å²) in [7, 11) is 1.46. The second-order valence-electron chi connectivity index (χ2n) is 9.68. The van der Waals surface area contributed by atoms with E-state index in [1.807, 2.05) is 0 Å². The quantitative estimate of drug-likeness (QED) is 0.325. The lowest BCUT2D eigenvalue weighted by atomic mass is 10.1. The van der Waals surface area contributed by atoms with Crippen LogP contribution in [-0.4, -0.2) is 63.8 Å². The Kier molecular flexibility index (Phi) is 7.30. The van der Waals surface area contributed by atoms with E-state index in [-0.39, 0.29) is 11.4 Å². The van der Waals surface area contributed by atoms with Gasteiger partial charge in [-0.05, 0) is 38.1 Å². The minimum Gasteiger partial charge on any atom is -0.496 e. The summed E-state index contributed by atoms with van der Waals surface area (Å²) in [5.41, 5.74) is 1.08. The van der Waals surface area contributed by atoms with Crippen molar-refractivity contribution in [2.75, 3.05) is 43.5 Å². The monoisotopic (exact) mass is 543 g/mol. The Labute approximate surface area is 223 Å². The molecule has 0 bridgehead atoms. The number of pyridine rings is 2. The highest BCUT2D eigenvalue weighted by molar-refractivity contribution is 5.80. The van der Waals surface area contributed by atoms with Crippen LogP contribution in [0.3, 0.4) is 0 Å². The number of hydrogen-bond donors (Lipinski definition) is 1. The molecule has 5 rings (SSSR count). The van der Waals surface area contributed by atoms with Gasteiger partial charge in [-0.25, -0.2) is 9.37 Å². The summed E-state index contributed by atoms with van der Waals surface area (Å²) >= 11 is 0. The minimum atomic E-state index is -4.58. The van der Waals surface area contributed by atoms with E-state index in [0.717, 1.165) is 11.6 Å². The van der Waals surface area contributed by atoms with Crippen LogP contribution in [-0.2, 0) is 12.7 Å². The van der Waals surface area contributed by atoms with Gasteiger partial charge in [0.15, 0.2) is 5.65 Å². The summed E-state index contributed by atoms with van der Waals surface area (Å²) in [6.45, 7) is 6.77. The molecule has 0 spiro atoms. The fraction of sp³-hybridized carbons (Fsp3) is 0.370. The molecule has 0 unspecified atom stereocenters. The zero-order valence-electron chi connectivity index (χ0n) is 21.8. The molecule has 206 valence electrons. The Hall–Kier alpha value is -3.93. The Morgan fingerprint density at radius 3 is 2.51 bits per heavy atom. The predicted octanol–water partition coefficient (Wildman–Crippen LogP) is 5.10. The van der Waals surface area contributed by atoms with Crippen LogP contribution in [0, 0.1) is 5.82 Å². The van der Waals surface area contributed by atoms with Crippen molar-refractivity contribution in [1.82, 2.24) is 24.5 Å². The van der Waals surface area contributed by atoms with Crippen molar-refractivity contribution >= 4 is 17.3 Å². The van der Waals surface area contributed by atoms with Gasteiger partial charge in [0, 0.05) is 67.7 Å². The highest BCUT2D eigenvalue weighted by Gasteiger charge is 2.37. The molecule has 4 aromatic rings. The standard InChI is InChI=1S/C27H29F4N7O/c1-17(2)36-8-10-37(11-9-36)26-22(27(29,30)31)12-19(15-33-26)21-6-7-24(38-16-34-35-25(21)38)32-14-18-4-5-20(28)13-23(18)39-3/h4-7,12-13,15-17,32H,8-11,14H2,1-3H3. The maximum absolute atomic E-state index is 14.2. The highest BCUT2D eigenvalue weighted by atomic mass is 19.4.